The molecule has 2 saturated heterocycles. The standard InChI is InChI=1S/C32H25Cl2F3N4O6/c1-40-27(43)19-8-7-18-20(24(19)29(40)45)11-21-28(44)41(39-26-22(34)10-15(12-38-26)32(35,36)37)30(46)31(21,14-2-4-16(33)5-3-14)25(18)23-9-6-17(13-42)47-23/h2-7,9-10,12,19-21,24-25,42H,8,11,13H2,1H3,(H,38,39). The summed E-state index contributed by atoms with van der Waals surface area (Å²) in [6.07, 6.45) is -2.17. The first kappa shape index (κ1) is 31.4. The van der Waals surface area contributed by atoms with Crippen molar-refractivity contribution in [3.8, 4) is 0 Å². The molecule has 10 nitrogen and oxygen atoms in total. The molecule has 4 amide bonds. The summed E-state index contributed by atoms with van der Waals surface area (Å²) < 4.78 is 46.0. The zero-order chi connectivity index (χ0) is 33.6. The summed E-state index contributed by atoms with van der Waals surface area (Å²) in [6, 6.07) is 10.1. The number of anilines is 1. The fraction of sp³-hybridized carbons (Fsp3) is 0.344. The molecule has 3 fully saturated rings. The third-order valence-electron chi connectivity index (χ3n) is 9.90. The van der Waals surface area contributed by atoms with Crippen molar-refractivity contribution in [2.24, 2.45) is 23.7 Å². The van der Waals surface area contributed by atoms with Crippen LogP contribution in [0.25, 0.3) is 0 Å². The Balaban J connectivity index is 1.43. The number of fused-ring (bicyclic) bond motifs is 4. The normalized spacial score (nSPS) is 28.7. The van der Waals surface area contributed by atoms with E-state index in [0.717, 1.165) is 4.90 Å². The average Bonchev–Trinajstić information content (AvgIpc) is 3.67. The molecule has 2 aliphatic heterocycles. The van der Waals surface area contributed by atoms with Crippen molar-refractivity contribution in [1.82, 2.24) is 14.9 Å². The Morgan fingerprint density at radius 1 is 1.04 bits per heavy atom. The molecule has 2 N–H and O–H groups in total. The van der Waals surface area contributed by atoms with E-state index in [1.807, 2.05) is 6.08 Å². The quantitative estimate of drug-likeness (QED) is 0.279. The van der Waals surface area contributed by atoms with E-state index in [1.54, 1.807) is 30.3 Å². The lowest BCUT2D eigenvalue weighted by Gasteiger charge is -2.49. The van der Waals surface area contributed by atoms with Crippen molar-refractivity contribution in [3.05, 3.63) is 93.0 Å². The third-order valence-corrected chi connectivity index (χ3v) is 10.4. The molecule has 244 valence electrons. The van der Waals surface area contributed by atoms with Gasteiger partial charge in [-0.1, -0.05) is 47.0 Å². The minimum atomic E-state index is -4.74. The number of carbonyl (C=O) groups excluding carboxylic acids is 4. The van der Waals surface area contributed by atoms with Gasteiger partial charge in [-0.2, -0.15) is 18.2 Å². The van der Waals surface area contributed by atoms with Crippen molar-refractivity contribution in [1.29, 1.82) is 0 Å². The van der Waals surface area contributed by atoms with Gasteiger partial charge in [-0.05, 0) is 54.7 Å². The molecule has 0 radical (unpaired) electrons. The number of alkyl halides is 3. The smallest absolute Gasteiger partial charge is 0.417 e. The van der Waals surface area contributed by atoms with E-state index in [2.05, 4.69) is 10.4 Å². The Kier molecular flexibility index (Phi) is 7.30. The van der Waals surface area contributed by atoms with Crippen LogP contribution in [-0.4, -0.2) is 50.7 Å². The molecule has 6 unspecified atom stereocenters. The summed E-state index contributed by atoms with van der Waals surface area (Å²) in [5, 5.41) is 10.4. The monoisotopic (exact) mass is 688 g/mol. The van der Waals surface area contributed by atoms with Crippen LogP contribution in [0.5, 0.6) is 0 Å². The molecule has 2 aliphatic carbocycles. The fourth-order valence-electron chi connectivity index (χ4n) is 7.88. The fourth-order valence-corrected chi connectivity index (χ4v) is 8.22. The molecule has 4 aliphatic rings. The van der Waals surface area contributed by atoms with Gasteiger partial charge in [0.25, 0.3) is 11.8 Å². The van der Waals surface area contributed by atoms with Crippen molar-refractivity contribution in [2.75, 3.05) is 12.5 Å². The molecule has 4 heterocycles. The molecule has 15 heteroatoms. The molecule has 47 heavy (non-hydrogen) atoms. The van der Waals surface area contributed by atoms with Gasteiger partial charge in [0, 0.05) is 18.3 Å². The van der Waals surface area contributed by atoms with Crippen molar-refractivity contribution in [3.63, 3.8) is 0 Å². The minimum absolute atomic E-state index is 0.0104. The Bertz CT molecular complexity index is 1880. The number of hydrogen-bond donors (Lipinski definition) is 2. The number of amides is 4. The Morgan fingerprint density at radius 3 is 2.40 bits per heavy atom. The Labute approximate surface area is 275 Å². The summed E-state index contributed by atoms with van der Waals surface area (Å²) >= 11 is 12.4. The molecule has 1 aromatic carbocycles. The van der Waals surface area contributed by atoms with Crippen molar-refractivity contribution < 1.29 is 41.9 Å². The van der Waals surface area contributed by atoms with Crippen LogP contribution in [0.2, 0.25) is 10.0 Å². The molecule has 0 spiro atoms. The van der Waals surface area contributed by atoms with E-state index in [4.69, 9.17) is 27.6 Å². The van der Waals surface area contributed by atoms with Crippen LogP contribution in [0.4, 0.5) is 19.0 Å². The second kappa shape index (κ2) is 10.9. The van der Waals surface area contributed by atoms with E-state index < -0.39 is 76.1 Å². The number of benzene rings is 1. The average molecular weight is 689 g/mol. The highest BCUT2D eigenvalue weighted by Crippen LogP contribution is 2.64. The molecule has 0 bridgehead atoms. The number of hydrogen-bond acceptors (Lipinski definition) is 8. The number of imide groups is 2. The van der Waals surface area contributed by atoms with Crippen LogP contribution in [0.3, 0.4) is 0 Å². The van der Waals surface area contributed by atoms with Gasteiger partial charge in [0.05, 0.1) is 34.3 Å². The van der Waals surface area contributed by atoms with Gasteiger partial charge < -0.3 is 9.52 Å². The van der Waals surface area contributed by atoms with Crippen LogP contribution >= 0.6 is 23.2 Å². The van der Waals surface area contributed by atoms with Crippen LogP contribution in [0.1, 0.15) is 41.4 Å². The maximum Gasteiger partial charge on any atom is 0.417 e. The van der Waals surface area contributed by atoms with E-state index in [-0.39, 0.29) is 36.1 Å². The lowest BCUT2D eigenvalue weighted by molar-refractivity contribution is -0.140. The number of furan rings is 1. The number of aliphatic hydroxyl groups excluding tert-OH is 1. The summed E-state index contributed by atoms with van der Waals surface area (Å²) in [4.78, 5) is 60.8. The number of halogens is 5. The molecular formula is C32H25Cl2F3N4O6. The third kappa shape index (κ3) is 4.54. The predicted molar refractivity (Wildman–Crippen MR) is 159 cm³/mol. The highest BCUT2D eigenvalue weighted by molar-refractivity contribution is 6.33. The summed E-state index contributed by atoms with van der Waals surface area (Å²) in [5.41, 5.74) is 0.742. The number of carbonyl (C=O) groups is 4. The summed E-state index contributed by atoms with van der Waals surface area (Å²) in [5.74, 6) is -6.40. The van der Waals surface area contributed by atoms with E-state index >= 15 is 0 Å². The number of nitrogens with zero attached hydrogens (tertiary/aromatic N) is 3. The second-order valence-corrected chi connectivity index (χ2v) is 13.0. The first-order valence-corrected chi connectivity index (χ1v) is 15.4. The van der Waals surface area contributed by atoms with Crippen LogP contribution in [0, 0.1) is 23.7 Å². The van der Waals surface area contributed by atoms with E-state index in [0.29, 0.717) is 33.4 Å². The molecule has 6 atom stereocenters. The van der Waals surface area contributed by atoms with Gasteiger partial charge in [0.2, 0.25) is 11.8 Å². The van der Waals surface area contributed by atoms with Gasteiger partial charge in [-0.15, -0.1) is 0 Å². The van der Waals surface area contributed by atoms with E-state index in [1.165, 1.54) is 13.1 Å². The zero-order valence-corrected chi connectivity index (χ0v) is 25.9. The van der Waals surface area contributed by atoms with Gasteiger partial charge in [-0.3, -0.25) is 29.5 Å². The maximum atomic E-state index is 14.9. The Hall–Kier alpha value is -4.20. The zero-order valence-electron chi connectivity index (χ0n) is 24.4. The van der Waals surface area contributed by atoms with Crippen LogP contribution in [-0.2, 0) is 37.4 Å². The summed E-state index contributed by atoms with van der Waals surface area (Å²) in [7, 11) is 1.41. The van der Waals surface area contributed by atoms with Crippen molar-refractivity contribution >= 4 is 52.6 Å². The van der Waals surface area contributed by atoms with Crippen LogP contribution < -0.4 is 5.43 Å². The first-order chi connectivity index (χ1) is 22.3. The highest BCUT2D eigenvalue weighted by atomic mass is 35.5. The SMILES string of the molecule is CN1C(=O)C2CC=C3C(CC4C(=O)N(Nc5ncc(C(F)(F)F)cc5Cl)C(=O)C4(c4ccc(Cl)cc4)C3c3ccc(CO)o3)C2C1=O. The van der Waals surface area contributed by atoms with Gasteiger partial charge in [-0.25, -0.2) is 4.98 Å². The van der Waals surface area contributed by atoms with Crippen LogP contribution in [0.15, 0.2) is 64.7 Å². The second-order valence-electron chi connectivity index (χ2n) is 12.1. The maximum absolute atomic E-state index is 14.9. The number of pyridine rings is 1. The molecule has 1 saturated carbocycles. The predicted octanol–water partition coefficient (Wildman–Crippen LogP) is 5.11. The van der Waals surface area contributed by atoms with Gasteiger partial charge in [0.15, 0.2) is 5.82 Å². The number of nitrogens with one attached hydrogen (secondary N) is 1. The topological polar surface area (TPSA) is 133 Å². The molecular weight excluding hydrogens is 664 g/mol. The number of allylic oxidation sites excluding steroid dienone is 2. The number of aromatic nitrogens is 1. The number of hydrazine groups is 1. The molecule has 7 rings (SSSR count). The van der Waals surface area contributed by atoms with Gasteiger partial charge in [0.1, 0.15) is 23.5 Å². The number of aliphatic hydroxyl groups is 1. The Morgan fingerprint density at radius 2 is 1.77 bits per heavy atom. The lowest BCUT2D eigenvalue weighted by Crippen LogP contribution is -2.53. The number of likely N-dealkylation sites (tertiary alicyclic amines) is 1. The first-order valence-electron chi connectivity index (χ1n) is 14.6. The van der Waals surface area contributed by atoms with Gasteiger partial charge >= 0.3 is 6.18 Å². The number of rotatable bonds is 5. The molecule has 2 aromatic heterocycles. The van der Waals surface area contributed by atoms with Crippen molar-refractivity contribution in [2.45, 2.75) is 37.0 Å². The van der Waals surface area contributed by atoms with E-state index in [9.17, 15) is 37.5 Å². The summed E-state index contributed by atoms with van der Waals surface area (Å²) in [6.45, 7) is -0.451. The lowest BCUT2D eigenvalue weighted by atomic mass is 9.50. The highest BCUT2D eigenvalue weighted by Gasteiger charge is 2.71. The molecule has 3 aromatic rings. The minimum Gasteiger partial charge on any atom is -0.463 e. The largest absolute Gasteiger partial charge is 0.463 e.